The molecule has 76 valence electrons. The van der Waals surface area contributed by atoms with Crippen LogP contribution < -0.4 is 16.2 Å². The second kappa shape index (κ2) is 4.07. The Morgan fingerprint density at radius 2 is 2.27 bits per heavy atom. The van der Waals surface area contributed by atoms with Crippen LogP contribution in [0.15, 0.2) is 36.1 Å². The maximum atomic E-state index is 5.73. The van der Waals surface area contributed by atoms with E-state index in [1.54, 1.807) is 12.1 Å². The topological polar surface area (TPSA) is 61.3 Å². The van der Waals surface area contributed by atoms with E-state index in [0.29, 0.717) is 23.6 Å². The predicted molar refractivity (Wildman–Crippen MR) is 59.9 cm³/mol. The Kier molecular flexibility index (Phi) is 2.61. The van der Waals surface area contributed by atoms with Crippen molar-refractivity contribution >= 4 is 5.69 Å². The molecular formula is C12H12N2O. The Labute approximate surface area is 88.7 Å². The van der Waals surface area contributed by atoms with E-state index in [-0.39, 0.29) is 6.04 Å². The molecular weight excluding hydrogens is 188 g/mol. The average Bonchev–Trinajstić information content (AvgIpc) is 2.17. The molecule has 3 heteroatoms. The molecule has 1 aliphatic rings. The minimum absolute atomic E-state index is 0.0395. The summed E-state index contributed by atoms with van der Waals surface area (Å²) in [5, 5.41) is 0. The first-order valence-electron chi connectivity index (χ1n) is 4.74. The molecule has 15 heavy (non-hydrogen) atoms. The van der Waals surface area contributed by atoms with E-state index in [1.165, 1.54) is 0 Å². The predicted octanol–water partition coefficient (Wildman–Crippen LogP) is 1.27. The number of ether oxygens (including phenoxy) is 1. The van der Waals surface area contributed by atoms with Gasteiger partial charge in [0.2, 0.25) is 0 Å². The average molecular weight is 200 g/mol. The number of allylic oxidation sites excluding steroid dienone is 1. The Hall–Kier alpha value is -1.92. The number of hydrogen-bond donors (Lipinski definition) is 2. The Morgan fingerprint density at radius 1 is 1.40 bits per heavy atom. The van der Waals surface area contributed by atoms with Crippen molar-refractivity contribution in [2.45, 2.75) is 12.5 Å². The number of benzene rings is 1. The van der Waals surface area contributed by atoms with E-state index >= 15 is 0 Å². The molecule has 0 heterocycles. The molecule has 0 saturated heterocycles. The van der Waals surface area contributed by atoms with Crippen LogP contribution in [0.4, 0.5) is 5.69 Å². The first-order chi connectivity index (χ1) is 7.24. The molecule has 0 fully saturated rings. The largest absolute Gasteiger partial charge is 0.449 e. The van der Waals surface area contributed by atoms with E-state index < -0.39 is 0 Å². The van der Waals surface area contributed by atoms with Gasteiger partial charge in [-0.05, 0) is 24.1 Å². The van der Waals surface area contributed by atoms with Crippen molar-refractivity contribution in [3.05, 3.63) is 36.1 Å². The van der Waals surface area contributed by atoms with Gasteiger partial charge >= 0.3 is 0 Å². The van der Waals surface area contributed by atoms with Crippen LogP contribution >= 0.6 is 0 Å². The summed E-state index contributed by atoms with van der Waals surface area (Å²) in [5.41, 5.74) is 12.0. The maximum absolute atomic E-state index is 5.73. The number of nitrogens with two attached hydrogens (primary N) is 2. The van der Waals surface area contributed by atoms with Crippen LogP contribution in [0.5, 0.6) is 5.75 Å². The van der Waals surface area contributed by atoms with Crippen LogP contribution in [0.3, 0.4) is 0 Å². The SMILES string of the molecule is Nc1cccc(OC2=CC(N)CC#C2)c1. The van der Waals surface area contributed by atoms with E-state index in [9.17, 15) is 0 Å². The third kappa shape index (κ3) is 2.52. The summed E-state index contributed by atoms with van der Waals surface area (Å²) >= 11 is 0. The van der Waals surface area contributed by atoms with Crippen molar-refractivity contribution in [3.63, 3.8) is 0 Å². The first-order valence-corrected chi connectivity index (χ1v) is 4.74. The summed E-state index contributed by atoms with van der Waals surface area (Å²) in [6.45, 7) is 0. The number of rotatable bonds is 2. The summed E-state index contributed by atoms with van der Waals surface area (Å²) < 4.78 is 5.53. The molecule has 3 nitrogen and oxygen atoms in total. The zero-order valence-corrected chi connectivity index (χ0v) is 8.23. The third-order valence-corrected chi connectivity index (χ3v) is 2.00. The quantitative estimate of drug-likeness (QED) is 0.558. The van der Waals surface area contributed by atoms with Crippen LogP contribution in [-0.2, 0) is 0 Å². The minimum atomic E-state index is -0.0395. The summed E-state index contributed by atoms with van der Waals surface area (Å²) in [6, 6.07) is 7.19. The van der Waals surface area contributed by atoms with Crippen molar-refractivity contribution in [1.29, 1.82) is 0 Å². The van der Waals surface area contributed by atoms with Gasteiger partial charge in [-0.1, -0.05) is 12.0 Å². The van der Waals surface area contributed by atoms with Crippen molar-refractivity contribution < 1.29 is 4.74 Å². The number of nitrogen functional groups attached to an aromatic ring is 1. The van der Waals surface area contributed by atoms with Gasteiger partial charge in [-0.3, -0.25) is 0 Å². The Morgan fingerprint density at radius 3 is 3.00 bits per heavy atom. The molecule has 0 spiro atoms. The highest BCUT2D eigenvalue weighted by molar-refractivity contribution is 5.45. The molecule has 0 radical (unpaired) electrons. The van der Waals surface area contributed by atoms with E-state index in [1.807, 2.05) is 18.2 Å². The molecule has 0 aromatic heterocycles. The van der Waals surface area contributed by atoms with Gasteiger partial charge in [-0.15, -0.1) is 0 Å². The lowest BCUT2D eigenvalue weighted by molar-refractivity contribution is 0.443. The summed E-state index contributed by atoms with van der Waals surface area (Å²) in [6.07, 6.45) is 2.50. The second-order valence-corrected chi connectivity index (χ2v) is 3.38. The zero-order valence-electron chi connectivity index (χ0n) is 8.23. The number of anilines is 1. The molecule has 2 rings (SSSR count). The van der Waals surface area contributed by atoms with Crippen LogP contribution in [0, 0.1) is 11.8 Å². The number of hydrogen-bond acceptors (Lipinski definition) is 3. The smallest absolute Gasteiger partial charge is 0.174 e. The van der Waals surface area contributed by atoms with Gasteiger partial charge < -0.3 is 16.2 Å². The molecule has 0 aliphatic heterocycles. The fraction of sp³-hybridized carbons (Fsp3) is 0.167. The van der Waals surface area contributed by atoms with Crippen molar-refractivity contribution in [3.8, 4) is 17.6 Å². The molecule has 1 unspecified atom stereocenters. The Balaban J connectivity index is 2.14. The fourth-order valence-corrected chi connectivity index (χ4v) is 1.32. The van der Waals surface area contributed by atoms with Gasteiger partial charge in [0, 0.05) is 24.2 Å². The lowest BCUT2D eigenvalue weighted by atomic mass is 10.1. The highest BCUT2D eigenvalue weighted by atomic mass is 16.5. The van der Waals surface area contributed by atoms with Crippen LogP contribution in [0.1, 0.15) is 6.42 Å². The fourth-order valence-electron chi connectivity index (χ4n) is 1.32. The van der Waals surface area contributed by atoms with E-state index in [0.717, 1.165) is 0 Å². The Bertz CT molecular complexity index is 454. The van der Waals surface area contributed by atoms with Gasteiger partial charge in [-0.25, -0.2) is 0 Å². The summed E-state index contributed by atoms with van der Waals surface area (Å²) in [5.74, 6) is 7.09. The molecule has 1 aromatic carbocycles. The standard InChI is InChI=1S/C12H12N2O/c13-9-3-1-5-11(7-9)15-12-6-2-4-10(14)8-12/h1,3,5,7-8,10H,4,13-14H2. The monoisotopic (exact) mass is 200 g/mol. The van der Waals surface area contributed by atoms with Crippen molar-refractivity contribution in [2.24, 2.45) is 5.73 Å². The van der Waals surface area contributed by atoms with Gasteiger partial charge in [0.1, 0.15) is 5.75 Å². The lowest BCUT2D eigenvalue weighted by Gasteiger charge is -2.10. The van der Waals surface area contributed by atoms with Gasteiger partial charge in [0.25, 0.3) is 0 Å². The molecule has 1 aromatic rings. The molecule has 1 aliphatic carbocycles. The van der Waals surface area contributed by atoms with Crippen molar-refractivity contribution in [2.75, 3.05) is 5.73 Å². The first kappa shape index (κ1) is 9.63. The maximum Gasteiger partial charge on any atom is 0.174 e. The second-order valence-electron chi connectivity index (χ2n) is 3.38. The highest BCUT2D eigenvalue weighted by Crippen LogP contribution is 2.18. The van der Waals surface area contributed by atoms with E-state index in [4.69, 9.17) is 16.2 Å². The molecule has 4 N–H and O–H groups in total. The lowest BCUT2D eigenvalue weighted by Crippen LogP contribution is -2.19. The van der Waals surface area contributed by atoms with Gasteiger partial charge in [0.05, 0.1) is 0 Å². The van der Waals surface area contributed by atoms with Crippen LogP contribution in [0.2, 0.25) is 0 Å². The minimum Gasteiger partial charge on any atom is -0.449 e. The van der Waals surface area contributed by atoms with E-state index in [2.05, 4.69) is 11.8 Å². The van der Waals surface area contributed by atoms with Gasteiger partial charge in [-0.2, -0.15) is 0 Å². The summed E-state index contributed by atoms with van der Waals surface area (Å²) in [7, 11) is 0. The van der Waals surface area contributed by atoms with Crippen molar-refractivity contribution in [1.82, 2.24) is 0 Å². The molecule has 0 amide bonds. The van der Waals surface area contributed by atoms with Crippen LogP contribution in [0.25, 0.3) is 0 Å². The van der Waals surface area contributed by atoms with Crippen LogP contribution in [-0.4, -0.2) is 6.04 Å². The zero-order chi connectivity index (χ0) is 10.7. The summed E-state index contributed by atoms with van der Waals surface area (Å²) in [4.78, 5) is 0. The molecule has 0 bridgehead atoms. The highest BCUT2D eigenvalue weighted by Gasteiger charge is 2.05. The normalized spacial score (nSPS) is 18.7. The third-order valence-electron chi connectivity index (χ3n) is 2.00. The van der Waals surface area contributed by atoms with Gasteiger partial charge in [0.15, 0.2) is 5.76 Å². The molecule has 0 saturated carbocycles. The molecule has 1 atom stereocenters.